The molecule has 3 rings (SSSR count). The Balaban J connectivity index is 1.69. The third-order valence-corrected chi connectivity index (χ3v) is 7.02. The molecule has 0 fully saturated rings. The minimum atomic E-state index is 0.171. The van der Waals surface area contributed by atoms with Crippen molar-refractivity contribution in [1.29, 1.82) is 0 Å². The minimum absolute atomic E-state index is 0.171. The number of carbonyl (C=O) groups excluding carboxylic acids is 1. The minimum Gasteiger partial charge on any atom is -0.496 e. The van der Waals surface area contributed by atoms with Crippen molar-refractivity contribution in [2.75, 3.05) is 33.8 Å². The number of benzene rings is 1. The van der Waals surface area contributed by atoms with E-state index in [0.717, 1.165) is 60.5 Å². The van der Waals surface area contributed by atoms with E-state index in [1.165, 1.54) is 17.0 Å². The molecule has 0 N–H and O–H groups in total. The molecule has 0 bridgehead atoms. The van der Waals surface area contributed by atoms with Gasteiger partial charge in [-0.3, -0.25) is 9.79 Å². The molecule has 0 saturated carbocycles. The molecular weight excluding hydrogens is 422 g/mol. The van der Waals surface area contributed by atoms with Crippen LogP contribution in [-0.2, 0) is 4.79 Å². The van der Waals surface area contributed by atoms with Crippen molar-refractivity contribution in [3.8, 4) is 5.75 Å². The van der Waals surface area contributed by atoms with Gasteiger partial charge in [0, 0.05) is 43.7 Å². The smallest absolute Gasteiger partial charge is 0.242 e. The van der Waals surface area contributed by atoms with Crippen molar-refractivity contribution in [3.63, 3.8) is 0 Å². The van der Waals surface area contributed by atoms with Gasteiger partial charge in [-0.15, -0.1) is 0 Å². The fraction of sp³-hybridized carbons (Fsp3) is 0.517. The first-order valence-corrected chi connectivity index (χ1v) is 12.4. The van der Waals surface area contributed by atoms with Gasteiger partial charge >= 0.3 is 0 Å². The lowest BCUT2D eigenvalue weighted by molar-refractivity contribution is -0.131. The van der Waals surface area contributed by atoms with Gasteiger partial charge in [-0.25, -0.2) is 0 Å². The number of nitrogens with zero attached hydrogens (tertiary/aromatic N) is 3. The van der Waals surface area contributed by atoms with E-state index < -0.39 is 0 Å². The number of hydrogen-bond acceptors (Lipinski definition) is 4. The van der Waals surface area contributed by atoms with Gasteiger partial charge in [0.1, 0.15) is 5.75 Å². The van der Waals surface area contributed by atoms with Gasteiger partial charge in [0.2, 0.25) is 5.91 Å². The molecule has 184 valence electrons. The van der Waals surface area contributed by atoms with Crippen molar-refractivity contribution in [1.82, 2.24) is 9.80 Å². The Morgan fingerprint density at radius 1 is 1.29 bits per heavy atom. The molecule has 0 aliphatic carbocycles. The summed E-state index contributed by atoms with van der Waals surface area (Å²) >= 11 is 0. The van der Waals surface area contributed by atoms with E-state index in [9.17, 15) is 4.79 Å². The van der Waals surface area contributed by atoms with Crippen molar-refractivity contribution >= 4 is 17.2 Å². The second-order valence-electron chi connectivity index (χ2n) is 10.1. The van der Waals surface area contributed by atoms with Gasteiger partial charge in [0.25, 0.3) is 0 Å². The number of methoxy groups -OCH3 is 1. The lowest BCUT2D eigenvalue weighted by Gasteiger charge is -2.29. The van der Waals surface area contributed by atoms with Gasteiger partial charge in [-0.05, 0) is 72.9 Å². The van der Waals surface area contributed by atoms with Crippen LogP contribution >= 0.6 is 0 Å². The molecule has 2 aliphatic heterocycles. The fourth-order valence-electron chi connectivity index (χ4n) is 5.06. The predicted octanol–water partition coefficient (Wildman–Crippen LogP) is 5.87. The molecule has 0 radical (unpaired) electrons. The summed E-state index contributed by atoms with van der Waals surface area (Å²) in [5.74, 6) is 1.82. The Labute approximate surface area is 205 Å². The first-order chi connectivity index (χ1) is 16.1. The molecule has 1 aromatic rings. The van der Waals surface area contributed by atoms with Crippen molar-refractivity contribution < 1.29 is 9.53 Å². The second kappa shape index (κ2) is 11.1. The largest absolute Gasteiger partial charge is 0.496 e. The summed E-state index contributed by atoms with van der Waals surface area (Å²) in [5.41, 5.74) is 8.00. The van der Waals surface area contributed by atoms with Gasteiger partial charge in [0.15, 0.2) is 0 Å². The van der Waals surface area contributed by atoms with Crippen molar-refractivity contribution in [2.45, 2.75) is 53.9 Å². The molecule has 0 aromatic heterocycles. The molecule has 5 nitrogen and oxygen atoms in total. The van der Waals surface area contributed by atoms with Gasteiger partial charge < -0.3 is 14.5 Å². The van der Waals surface area contributed by atoms with E-state index in [1.807, 2.05) is 24.9 Å². The molecular formula is C29H41N3O2. The summed E-state index contributed by atoms with van der Waals surface area (Å²) in [6.07, 6.45) is 4.92. The molecule has 1 atom stereocenters. The quantitative estimate of drug-likeness (QED) is 0.475. The summed E-state index contributed by atoms with van der Waals surface area (Å²) in [6, 6.07) is 6.14. The number of carbonyl (C=O) groups is 1. The van der Waals surface area contributed by atoms with E-state index in [2.05, 4.69) is 57.4 Å². The molecule has 34 heavy (non-hydrogen) atoms. The summed E-state index contributed by atoms with van der Waals surface area (Å²) in [6.45, 7) is 16.9. The zero-order chi connectivity index (χ0) is 25.0. The Hall–Kier alpha value is -2.82. The van der Waals surface area contributed by atoms with Crippen LogP contribution in [0, 0.1) is 18.8 Å². The van der Waals surface area contributed by atoms with Gasteiger partial charge in [-0.1, -0.05) is 39.5 Å². The van der Waals surface area contributed by atoms with E-state index in [1.54, 1.807) is 7.11 Å². The monoisotopic (exact) mass is 463 g/mol. The van der Waals surface area contributed by atoms with Crippen LogP contribution in [-0.4, -0.2) is 55.2 Å². The summed E-state index contributed by atoms with van der Waals surface area (Å²) in [5, 5.41) is 0. The Kier molecular flexibility index (Phi) is 8.40. The Morgan fingerprint density at radius 2 is 2.00 bits per heavy atom. The van der Waals surface area contributed by atoms with E-state index in [-0.39, 0.29) is 11.8 Å². The average Bonchev–Trinajstić information content (AvgIpc) is 3.00. The van der Waals surface area contributed by atoms with E-state index >= 15 is 0 Å². The summed E-state index contributed by atoms with van der Waals surface area (Å²) in [7, 11) is 3.69. The molecule has 2 aliphatic rings. The number of hydrogen-bond donors (Lipinski definition) is 0. The highest BCUT2D eigenvalue weighted by Gasteiger charge is 2.26. The highest BCUT2D eigenvalue weighted by atomic mass is 16.5. The highest BCUT2D eigenvalue weighted by Crippen LogP contribution is 2.32. The van der Waals surface area contributed by atoms with Crippen molar-refractivity contribution in [2.24, 2.45) is 16.8 Å². The summed E-state index contributed by atoms with van der Waals surface area (Å²) in [4.78, 5) is 22.2. The standard InChI is InChI=1S/C29H41N3O2/c1-19(2)27(16-21(4)24-10-9-20(3)28(17-24)34-8)31(7)18-29(33)32-13-11-25-22(5)15-23(6)30-26(25)12-14-32/h9-10,16-17,19,22H,4,11-15,18H2,1-3,5-8H3/b27-16-. The first-order valence-electron chi connectivity index (χ1n) is 12.4. The third kappa shape index (κ3) is 5.99. The maximum Gasteiger partial charge on any atom is 0.242 e. The maximum absolute atomic E-state index is 13.3. The number of ether oxygens (including phenoxy) is 1. The van der Waals surface area contributed by atoms with E-state index in [0.29, 0.717) is 12.5 Å². The van der Waals surface area contributed by atoms with Gasteiger partial charge in [0.05, 0.1) is 13.7 Å². The summed E-state index contributed by atoms with van der Waals surface area (Å²) < 4.78 is 5.48. The maximum atomic E-state index is 13.3. The van der Waals surface area contributed by atoms with Crippen LogP contribution in [0.3, 0.4) is 0 Å². The van der Waals surface area contributed by atoms with Crippen LogP contribution in [0.25, 0.3) is 5.57 Å². The lowest BCUT2D eigenvalue weighted by atomic mass is 9.89. The zero-order valence-electron chi connectivity index (χ0n) is 22.1. The number of rotatable bonds is 7. The van der Waals surface area contributed by atoms with Crippen LogP contribution in [0.2, 0.25) is 0 Å². The number of amides is 1. The molecule has 0 spiro atoms. The predicted molar refractivity (Wildman–Crippen MR) is 142 cm³/mol. The number of allylic oxidation sites excluding steroid dienone is 3. The molecule has 0 saturated heterocycles. The number of aliphatic imine (C=N–C) groups is 1. The first kappa shape index (κ1) is 25.8. The SMILES string of the molecule is C=C(/C=C(/C(C)C)N(C)CC(=O)N1CCC2=C(CC1)C(C)CC(C)=N2)c1ccc(C)c(OC)c1. The van der Waals surface area contributed by atoms with Crippen LogP contribution < -0.4 is 4.74 Å². The lowest BCUT2D eigenvalue weighted by Crippen LogP contribution is -2.40. The van der Waals surface area contributed by atoms with Crippen molar-refractivity contribution in [3.05, 3.63) is 58.9 Å². The third-order valence-electron chi connectivity index (χ3n) is 7.02. The molecule has 1 aromatic carbocycles. The second-order valence-corrected chi connectivity index (χ2v) is 10.1. The highest BCUT2D eigenvalue weighted by molar-refractivity contribution is 5.84. The molecule has 5 heteroatoms. The fourth-order valence-corrected chi connectivity index (χ4v) is 5.06. The molecule has 2 heterocycles. The van der Waals surface area contributed by atoms with Crippen LogP contribution in [0.15, 0.2) is 52.8 Å². The average molecular weight is 464 g/mol. The van der Waals surface area contributed by atoms with Crippen LogP contribution in [0.4, 0.5) is 0 Å². The molecule has 1 amide bonds. The normalized spacial score (nSPS) is 18.9. The Morgan fingerprint density at radius 3 is 2.68 bits per heavy atom. The number of likely N-dealkylation sites (N-methyl/N-ethyl adjacent to an activating group) is 1. The number of aryl methyl sites for hydroxylation is 1. The van der Waals surface area contributed by atoms with Crippen LogP contribution in [0.1, 0.15) is 58.1 Å². The zero-order valence-corrected chi connectivity index (χ0v) is 22.1. The topological polar surface area (TPSA) is 45.1 Å². The Bertz CT molecular complexity index is 1030. The van der Waals surface area contributed by atoms with E-state index in [4.69, 9.17) is 9.73 Å². The van der Waals surface area contributed by atoms with Gasteiger partial charge in [-0.2, -0.15) is 0 Å². The van der Waals surface area contributed by atoms with Crippen LogP contribution in [0.5, 0.6) is 5.75 Å². The molecule has 1 unspecified atom stereocenters.